The van der Waals surface area contributed by atoms with Crippen LogP contribution in [-0.4, -0.2) is 42.1 Å². The van der Waals surface area contributed by atoms with Crippen molar-refractivity contribution in [3.8, 4) is 0 Å². The lowest BCUT2D eigenvalue weighted by Crippen LogP contribution is -2.29. The predicted molar refractivity (Wildman–Crippen MR) is 93.4 cm³/mol. The van der Waals surface area contributed by atoms with Crippen molar-refractivity contribution in [3.05, 3.63) is 53.7 Å². The molecule has 2 fully saturated rings. The van der Waals surface area contributed by atoms with Crippen LogP contribution in [0, 0.1) is 18.8 Å². The Morgan fingerprint density at radius 1 is 1.28 bits per heavy atom. The Morgan fingerprint density at radius 3 is 2.84 bits per heavy atom. The number of aromatic nitrogens is 1. The lowest BCUT2D eigenvalue weighted by Gasteiger charge is -2.17. The molecule has 0 bridgehead atoms. The third-order valence-corrected chi connectivity index (χ3v) is 5.23. The first-order valence-electron chi connectivity index (χ1n) is 9.04. The van der Waals surface area contributed by atoms with Crippen LogP contribution in [0.3, 0.4) is 0 Å². The van der Waals surface area contributed by atoms with E-state index >= 15 is 0 Å². The number of pyridine rings is 1. The van der Waals surface area contributed by atoms with E-state index in [0.29, 0.717) is 25.5 Å². The molecule has 0 N–H and O–H groups in total. The minimum atomic E-state index is -0.0341. The number of ether oxygens (including phenoxy) is 1. The Hall–Kier alpha value is -2.14. The van der Waals surface area contributed by atoms with Gasteiger partial charge in [-0.05, 0) is 43.9 Å². The van der Waals surface area contributed by atoms with Crippen LogP contribution in [0.15, 0.2) is 41.1 Å². The van der Waals surface area contributed by atoms with Crippen molar-refractivity contribution in [2.75, 3.05) is 26.3 Å². The van der Waals surface area contributed by atoms with E-state index < -0.39 is 0 Å². The molecule has 5 nitrogen and oxygen atoms in total. The minimum Gasteiger partial charge on any atom is -0.459 e. The second-order valence-corrected chi connectivity index (χ2v) is 7.24. The van der Waals surface area contributed by atoms with Crippen LogP contribution in [0.1, 0.15) is 40.6 Å². The third kappa shape index (κ3) is 3.61. The van der Waals surface area contributed by atoms with Gasteiger partial charge < -0.3 is 14.1 Å². The zero-order valence-electron chi connectivity index (χ0n) is 14.6. The summed E-state index contributed by atoms with van der Waals surface area (Å²) in [6.45, 7) is 4.77. The number of furan rings is 1. The maximum absolute atomic E-state index is 12.8. The van der Waals surface area contributed by atoms with Gasteiger partial charge in [-0.2, -0.15) is 0 Å². The molecule has 1 amide bonds. The van der Waals surface area contributed by atoms with Gasteiger partial charge in [-0.3, -0.25) is 9.78 Å². The summed E-state index contributed by atoms with van der Waals surface area (Å²) in [5.41, 5.74) is 1.92. The van der Waals surface area contributed by atoms with Crippen LogP contribution in [0.2, 0.25) is 0 Å². The Bertz CT molecular complexity index is 724. The summed E-state index contributed by atoms with van der Waals surface area (Å²) < 4.78 is 11.3. The van der Waals surface area contributed by atoms with Gasteiger partial charge in [0.1, 0.15) is 0 Å². The Balaban J connectivity index is 1.48. The number of amides is 1. The molecule has 2 aromatic heterocycles. The van der Waals surface area contributed by atoms with E-state index in [0.717, 1.165) is 23.8 Å². The molecule has 1 aliphatic carbocycles. The fourth-order valence-electron chi connectivity index (χ4n) is 3.54. The number of nitrogens with zero attached hydrogens (tertiary/aromatic N) is 2. The highest BCUT2D eigenvalue weighted by Gasteiger charge is 2.38. The molecule has 2 atom stereocenters. The highest BCUT2D eigenvalue weighted by atomic mass is 16.5. The fourth-order valence-corrected chi connectivity index (χ4v) is 3.54. The summed E-state index contributed by atoms with van der Waals surface area (Å²) in [6, 6.07) is 7.80. The minimum absolute atomic E-state index is 0.0341. The molecule has 1 aliphatic heterocycles. The lowest BCUT2D eigenvalue weighted by atomic mass is 9.93. The van der Waals surface area contributed by atoms with Crippen molar-refractivity contribution in [2.45, 2.75) is 25.7 Å². The van der Waals surface area contributed by atoms with Crippen molar-refractivity contribution in [1.82, 2.24) is 9.88 Å². The summed E-state index contributed by atoms with van der Waals surface area (Å²) in [7, 11) is 0. The molecular formula is C20H24N2O3. The maximum Gasteiger partial charge on any atom is 0.289 e. The molecule has 0 unspecified atom stereocenters. The van der Waals surface area contributed by atoms with Crippen LogP contribution >= 0.6 is 0 Å². The summed E-state index contributed by atoms with van der Waals surface area (Å²) in [5.74, 6) is 1.64. The zero-order chi connectivity index (χ0) is 17.2. The Morgan fingerprint density at radius 2 is 2.16 bits per heavy atom. The average Bonchev–Trinajstić information content (AvgIpc) is 3.20. The summed E-state index contributed by atoms with van der Waals surface area (Å²) in [6.07, 6.45) is 5.97. The van der Waals surface area contributed by atoms with Crippen molar-refractivity contribution < 1.29 is 13.9 Å². The molecule has 25 heavy (non-hydrogen) atoms. The van der Waals surface area contributed by atoms with Gasteiger partial charge in [0.2, 0.25) is 0 Å². The van der Waals surface area contributed by atoms with Gasteiger partial charge in [-0.25, -0.2) is 0 Å². The summed E-state index contributed by atoms with van der Waals surface area (Å²) in [5, 5.41) is 0. The molecular weight excluding hydrogens is 316 g/mol. The number of likely N-dealkylation sites (tertiary alicyclic amines) is 1. The zero-order valence-corrected chi connectivity index (χ0v) is 14.6. The monoisotopic (exact) mass is 340 g/mol. The number of aryl methyl sites for hydroxylation is 1. The van der Waals surface area contributed by atoms with Gasteiger partial charge in [0, 0.05) is 49.0 Å². The van der Waals surface area contributed by atoms with Crippen LogP contribution in [-0.2, 0) is 4.74 Å². The molecule has 4 rings (SSSR count). The van der Waals surface area contributed by atoms with Crippen molar-refractivity contribution in [3.63, 3.8) is 0 Å². The van der Waals surface area contributed by atoms with Crippen LogP contribution in [0.4, 0.5) is 0 Å². The topological polar surface area (TPSA) is 55.6 Å². The molecule has 3 heterocycles. The molecule has 0 radical (unpaired) electrons. The molecule has 2 aromatic rings. The quantitative estimate of drug-likeness (QED) is 0.810. The first-order chi connectivity index (χ1) is 12.2. The fraction of sp³-hybridized carbons (Fsp3) is 0.500. The maximum atomic E-state index is 12.8. The van der Waals surface area contributed by atoms with Crippen LogP contribution in [0.25, 0.3) is 0 Å². The first kappa shape index (κ1) is 16.3. The lowest BCUT2D eigenvalue weighted by molar-refractivity contribution is 0.0712. The first-order valence-corrected chi connectivity index (χ1v) is 9.04. The van der Waals surface area contributed by atoms with Crippen molar-refractivity contribution >= 4 is 5.91 Å². The number of carbonyl (C=O) groups excluding carboxylic acids is 1. The molecule has 1 saturated carbocycles. The standard InChI is InChI=1S/C20H24N2O3/c1-14-7-9-25-19(14)20(23)22-10-16(13-24-12-15-5-6-15)17(11-22)18-4-2-3-8-21-18/h2-4,7-9,15-17H,5-6,10-13H2,1H3/t16-,17+/m0/s1. The SMILES string of the molecule is Cc1ccoc1C(=O)N1C[C@@H](COCC2CC2)[C@H](c2ccccn2)C1. The molecule has 2 aliphatic rings. The second kappa shape index (κ2) is 7.00. The second-order valence-electron chi connectivity index (χ2n) is 7.24. The number of hydrogen-bond acceptors (Lipinski definition) is 4. The van der Waals surface area contributed by atoms with Gasteiger partial charge >= 0.3 is 0 Å². The number of carbonyl (C=O) groups is 1. The highest BCUT2D eigenvalue weighted by molar-refractivity contribution is 5.93. The largest absolute Gasteiger partial charge is 0.459 e. The van der Waals surface area contributed by atoms with Gasteiger partial charge in [0.15, 0.2) is 5.76 Å². The number of rotatable bonds is 6. The van der Waals surface area contributed by atoms with Crippen molar-refractivity contribution in [1.29, 1.82) is 0 Å². The molecule has 5 heteroatoms. The third-order valence-electron chi connectivity index (χ3n) is 5.23. The van der Waals surface area contributed by atoms with E-state index in [1.165, 1.54) is 12.8 Å². The molecule has 0 spiro atoms. The predicted octanol–water partition coefficient (Wildman–Crippen LogP) is 3.27. The van der Waals surface area contributed by atoms with E-state index in [4.69, 9.17) is 9.15 Å². The van der Waals surface area contributed by atoms with E-state index in [2.05, 4.69) is 4.98 Å². The van der Waals surface area contributed by atoms with Gasteiger partial charge in [-0.1, -0.05) is 6.07 Å². The highest BCUT2D eigenvalue weighted by Crippen LogP contribution is 2.34. The van der Waals surface area contributed by atoms with E-state index in [-0.39, 0.29) is 17.7 Å². The molecule has 1 saturated heterocycles. The normalized spacial score (nSPS) is 23.2. The van der Waals surface area contributed by atoms with Gasteiger partial charge in [0.05, 0.1) is 12.9 Å². The molecule has 0 aromatic carbocycles. The van der Waals surface area contributed by atoms with Gasteiger partial charge in [0.25, 0.3) is 5.91 Å². The smallest absolute Gasteiger partial charge is 0.289 e. The Labute approximate surface area is 148 Å². The van der Waals surface area contributed by atoms with E-state index in [9.17, 15) is 4.79 Å². The Kier molecular flexibility index (Phi) is 4.57. The van der Waals surface area contributed by atoms with Crippen molar-refractivity contribution in [2.24, 2.45) is 11.8 Å². The van der Waals surface area contributed by atoms with Crippen LogP contribution < -0.4 is 0 Å². The van der Waals surface area contributed by atoms with E-state index in [1.807, 2.05) is 42.3 Å². The number of hydrogen-bond donors (Lipinski definition) is 0. The average molecular weight is 340 g/mol. The van der Waals surface area contributed by atoms with E-state index in [1.54, 1.807) is 6.26 Å². The summed E-state index contributed by atoms with van der Waals surface area (Å²) in [4.78, 5) is 19.2. The van der Waals surface area contributed by atoms with Gasteiger partial charge in [-0.15, -0.1) is 0 Å². The molecule has 132 valence electrons. The summed E-state index contributed by atoms with van der Waals surface area (Å²) >= 11 is 0. The van der Waals surface area contributed by atoms with Crippen LogP contribution in [0.5, 0.6) is 0 Å².